The normalized spacial score (nSPS) is 27.8. The summed E-state index contributed by atoms with van der Waals surface area (Å²) < 4.78 is 0. The van der Waals surface area contributed by atoms with Gasteiger partial charge in [0.25, 0.3) is 0 Å². The summed E-state index contributed by atoms with van der Waals surface area (Å²) in [5.41, 5.74) is 2.66. The molecule has 1 fully saturated rings. The lowest BCUT2D eigenvalue weighted by Gasteiger charge is -2.36. The van der Waals surface area contributed by atoms with Crippen molar-refractivity contribution in [2.45, 2.75) is 59.5 Å². The maximum Gasteiger partial charge on any atom is 0.247 e. The molecule has 1 aliphatic carbocycles. The second-order valence-corrected chi connectivity index (χ2v) is 9.83. The molecule has 3 N–H and O–H groups in total. The minimum absolute atomic E-state index is 0.00508. The average Bonchev–Trinajstić information content (AvgIpc) is 3.12. The van der Waals surface area contributed by atoms with E-state index >= 15 is 0 Å². The van der Waals surface area contributed by atoms with Gasteiger partial charge in [0.1, 0.15) is 6.04 Å². The Hall–Kier alpha value is -2.67. The van der Waals surface area contributed by atoms with Gasteiger partial charge in [0.2, 0.25) is 17.7 Å². The number of aryl methyl sites for hydroxylation is 2. The first kappa shape index (κ1) is 25.9. The first-order valence-electron chi connectivity index (χ1n) is 12.4. The van der Waals surface area contributed by atoms with Crippen molar-refractivity contribution in [3.63, 3.8) is 0 Å². The van der Waals surface area contributed by atoms with Gasteiger partial charge in [-0.25, -0.2) is 0 Å². The minimum atomic E-state index is -0.801. The zero-order chi connectivity index (χ0) is 25.2. The van der Waals surface area contributed by atoms with Gasteiger partial charge < -0.3 is 20.6 Å². The molecule has 7 heteroatoms. The van der Waals surface area contributed by atoms with E-state index in [1.54, 1.807) is 11.9 Å². The fourth-order valence-corrected chi connectivity index (χ4v) is 5.61. The molecule has 3 rings (SSSR count). The number of allylic oxidation sites excluding steroid dienone is 1. The predicted octanol–water partition coefficient (Wildman–Crippen LogP) is 3.05. The monoisotopic (exact) mass is 469 g/mol. The Morgan fingerprint density at radius 2 is 1.85 bits per heavy atom. The van der Waals surface area contributed by atoms with E-state index in [4.69, 9.17) is 0 Å². The molecular formula is C27H39N3O4. The topological polar surface area (TPSA) is 98.7 Å². The number of aliphatic hydroxyl groups is 1. The number of benzene rings is 1. The molecule has 7 nitrogen and oxygen atoms in total. The van der Waals surface area contributed by atoms with E-state index in [-0.39, 0.29) is 36.2 Å². The van der Waals surface area contributed by atoms with Crippen LogP contribution >= 0.6 is 0 Å². The van der Waals surface area contributed by atoms with Crippen molar-refractivity contribution < 1.29 is 19.5 Å². The number of rotatable bonds is 8. The molecule has 1 saturated heterocycles. The molecule has 7 atom stereocenters. The van der Waals surface area contributed by atoms with Gasteiger partial charge in [0.05, 0.1) is 24.5 Å². The first-order chi connectivity index (χ1) is 16.2. The van der Waals surface area contributed by atoms with Crippen LogP contribution in [-0.2, 0) is 14.4 Å². The highest BCUT2D eigenvalue weighted by molar-refractivity contribution is 6.02. The summed E-state index contributed by atoms with van der Waals surface area (Å²) in [6.07, 6.45) is 5.42. The molecule has 186 valence electrons. The van der Waals surface area contributed by atoms with E-state index in [1.807, 2.05) is 65.0 Å². The summed E-state index contributed by atoms with van der Waals surface area (Å²) in [7, 11) is 1.58. The SMILES string of the molecule is CC[C@H](C)[C@H](CO)N1C(=O)[C@@H]2[C@H](C=C[C@@H](CC)[C@H]2C(=O)NC)[C@H]1C(=O)Nc1cc(C)ccc1C. The van der Waals surface area contributed by atoms with Gasteiger partial charge in [0.15, 0.2) is 0 Å². The molecule has 1 heterocycles. The van der Waals surface area contributed by atoms with Gasteiger partial charge >= 0.3 is 0 Å². The smallest absolute Gasteiger partial charge is 0.247 e. The first-order valence-corrected chi connectivity index (χ1v) is 12.4. The molecular weight excluding hydrogens is 430 g/mol. The largest absolute Gasteiger partial charge is 0.394 e. The van der Waals surface area contributed by atoms with Crippen molar-refractivity contribution in [2.24, 2.45) is 29.6 Å². The zero-order valence-corrected chi connectivity index (χ0v) is 21.2. The second-order valence-electron chi connectivity index (χ2n) is 9.83. The van der Waals surface area contributed by atoms with Crippen LogP contribution in [0.1, 0.15) is 44.7 Å². The van der Waals surface area contributed by atoms with Crippen molar-refractivity contribution in [1.29, 1.82) is 0 Å². The van der Waals surface area contributed by atoms with E-state index in [9.17, 15) is 19.5 Å². The van der Waals surface area contributed by atoms with E-state index in [0.29, 0.717) is 5.69 Å². The number of aliphatic hydroxyl groups excluding tert-OH is 1. The molecule has 3 amide bonds. The van der Waals surface area contributed by atoms with E-state index in [0.717, 1.165) is 24.0 Å². The molecule has 0 saturated carbocycles. The lowest BCUT2D eigenvalue weighted by Crippen LogP contribution is -2.52. The molecule has 2 aliphatic rings. The number of carbonyl (C=O) groups excluding carboxylic acids is 3. The third-order valence-electron chi connectivity index (χ3n) is 7.83. The Morgan fingerprint density at radius 3 is 2.44 bits per heavy atom. The molecule has 34 heavy (non-hydrogen) atoms. The minimum Gasteiger partial charge on any atom is -0.394 e. The van der Waals surface area contributed by atoms with Gasteiger partial charge in [-0.1, -0.05) is 51.5 Å². The molecule has 0 bridgehead atoms. The molecule has 1 aromatic rings. The molecule has 0 spiro atoms. The predicted molar refractivity (Wildman–Crippen MR) is 133 cm³/mol. The van der Waals surface area contributed by atoms with Crippen molar-refractivity contribution in [2.75, 3.05) is 19.0 Å². The van der Waals surface area contributed by atoms with Gasteiger partial charge in [-0.15, -0.1) is 0 Å². The molecule has 0 radical (unpaired) electrons. The van der Waals surface area contributed by atoms with Crippen molar-refractivity contribution >= 4 is 23.4 Å². The van der Waals surface area contributed by atoms with Crippen LogP contribution in [0.2, 0.25) is 0 Å². The number of likely N-dealkylation sites (tertiary alicyclic amines) is 1. The summed E-state index contributed by atoms with van der Waals surface area (Å²) in [6, 6.07) is 4.55. The quantitative estimate of drug-likeness (QED) is 0.510. The average molecular weight is 470 g/mol. The van der Waals surface area contributed by atoms with Crippen LogP contribution in [0.3, 0.4) is 0 Å². The highest BCUT2D eigenvalue weighted by atomic mass is 16.3. The summed E-state index contributed by atoms with van der Waals surface area (Å²) in [5, 5.41) is 16.1. The molecule has 0 unspecified atom stereocenters. The Labute approximate surface area is 203 Å². The third-order valence-corrected chi connectivity index (χ3v) is 7.83. The summed E-state index contributed by atoms with van der Waals surface area (Å²) in [4.78, 5) is 42.3. The van der Waals surface area contributed by atoms with Crippen LogP contribution in [0.15, 0.2) is 30.4 Å². The molecule has 1 aliphatic heterocycles. The number of fused-ring (bicyclic) bond motifs is 1. The maximum absolute atomic E-state index is 14.0. The molecule has 0 aromatic heterocycles. The van der Waals surface area contributed by atoms with Crippen molar-refractivity contribution in [3.05, 3.63) is 41.5 Å². The number of anilines is 1. The Kier molecular flexibility index (Phi) is 8.18. The Bertz CT molecular complexity index is 959. The summed E-state index contributed by atoms with van der Waals surface area (Å²) in [5.74, 6) is -2.40. The number of carbonyl (C=O) groups is 3. The van der Waals surface area contributed by atoms with Crippen LogP contribution in [0, 0.1) is 43.4 Å². The number of nitrogens with one attached hydrogen (secondary N) is 2. The second kappa shape index (κ2) is 10.7. The standard InChI is InChI=1S/C27H39N3O4/c1-7-16(4)21(14-31)30-24(26(33)29-20-13-15(3)9-10-17(20)5)19-12-11-18(8-2)22(25(32)28-6)23(19)27(30)34/h9-13,16,18-19,21-24,31H,7-8,14H2,1-6H3,(H,28,32)(H,29,33)/t16-,18+,19-,21-,22+,23+,24-/m0/s1. The van der Waals surface area contributed by atoms with E-state index in [1.165, 1.54) is 0 Å². The van der Waals surface area contributed by atoms with Gasteiger partial charge in [-0.3, -0.25) is 14.4 Å². The summed E-state index contributed by atoms with van der Waals surface area (Å²) in [6.45, 7) is 9.65. The zero-order valence-electron chi connectivity index (χ0n) is 21.2. The number of nitrogens with zero attached hydrogens (tertiary/aromatic N) is 1. The maximum atomic E-state index is 14.0. The highest BCUT2D eigenvalue weighted by Gasteiger charge is 2.58. The van der Waals surface area contributed by atoms with Crippen molar-refractivity contribution in [1.82, 2.24) is 10.2 Å². The fraction of sp³-hybridized carbons (Fsp3) is 0.593. The number of hydrogen-bond donors (Lipinski definition) is 3. The number of amides is 3. The lowest BCUT2D eigenvalue weighted by molar-refractivity contribution is -0.143. The van der Waals surface area contributed by atoms with Crippen LogP contribution in [-0.4, -0.2) is 53.5 Å². The Balaban J connectivity index is 2.09. The third kappa shape index (κ3) is 4.63. The summed E-state index contributed by atoms with van der Waals surface area (Å²) >= 11 is 0. The van der Waals surface area contributed by atoms with Crippen LogP contribution in [0.4, 0.5) is 5.69 Å². The van der Waals surface area contributed by atoms with Gasteiger partial charge in [-0.05, 0) is 49.3 Å². The molecule has 1 aromatic carbocycles. The fourth-order valence-electron chi connectivity index (χ4n) is 5.61. The van der Waals surface area contributed by atoms with Crippen molar-refractivity contribution in [3.8, 4) is 0 Å². The lowest BCUT2D eigenvalue weighted by atomic mass is 9.69. The Morgan fingerprint density at radius 1 is 1.15 bits per heavy atom. The number of hydrogen-bond acceptors (Lipinski definition) is 4. The van der Waals surface area contributed by atoms with Gasteiger partial charge in [-0.2, -0.15) is 0 Å². The van der Waals surface area contributed by atoms with Crippen LogP contribution in [0.25, 0.3) is 0 Å². The van der Waals surface area contributed by atoms with E-state index in [2.05, 4.69) is 10.6 Å². The van der Waals surface area contributed by atoms with Gasteiger partial charge in [0, 0.05) is 18.7 Å². The highest BCUT2D eigenvalue weighted by Crippen LogP contribution is 2.46. The van der Waals surface area contributed by atoms with Crippen LogP contribution in [0.5, 0.6) is 0 Å². The van der Waals surface area contributed by atoms with E-state index < -0.39 is 29.8 Å². The van der Waals surface area contributed by atoms with Crippen LogP contribution < -0.4 is 10.6 Å².